The Hall–Kier alpha value is -0.370. The van der Waals surface area contributed by atoms with E-state index in [0.29, 0.717) is 11.7 Å². The molecule has 1 saturated heterocycles. The van der Waals surface area contributed by atoms with Gasteiger partial charge in [0.2, 0.25) is 0 Å². The average molecular weight is 267 g/mol. The van der Waals surface area contributed by atoms with Crippen molar-refractivity contribution in [2.45, 2.75) is 78.1 Å². The van der Waals surface area contributed by atoms with Crippen LogP contribution in [0.1, 0.15) is 78.1 Å². The predicted molar refractivity (Wildman–Crippen MR) is 82.5 cm³/mol. The van der Waals surface area contributed by atoms with Gasteiger partial charge in [0.05, 0.1) is 0 Å². The summed E-state index contributed by atoms with van der Waals surface area (Å²) in [5.41, 5.74) is 0. The highest BCUT2D eigenvalue weighted by molar-refractivity contribution is 5.80. The molecule has 19 heavy (non-hydrogen) atoms. The maximum absolute atomic E-state index is 11.6. The monoisotopic (exact) mass is 267 g/mol. The van der Waals surface area contributed by atoms with Gasteiger partial charge in [0.25, 0.3) is 0 Å². The third kappa shape index (κ3) is 7.10. The van der Waals surface area contributed by atoms with Crippen molar-refractivity contribution in [3.63, 3.8) is 0 Å². The summed E-state index contributed by atoms with van der Waals surface area (Å²) in [6.07, 6.45) is 12.6. The third-order valence-electron chi connectivity index (χ3n) is 4.47. The van der Waals surface area contributed by atoms with Crippen LogP contribution in [0.2, 0.25) is 0 Å². The van der Waals surface area contributed by atoms with Gasteiger partial charge in [-0.15, -0.1) is 0 Å². The summed E-state index contributed by atoms with van der Waals surface area (Å²) in [7, 11) is 0. The summed E-state index contributed by atoms with van der Waals surface area (Å²) in [5.74, 6) is 0.853. The first-order valence-electron chi connectivity index (χ1n) is 8.53. The molecule has 0 saturated carbocycles. The summed E-state index contributed by atoms with van der Waals surface area (Å²) in [6, 6.07) is 0. The number of Topliss-reactive ketones (excluding diaryl/α,β-unsaturated/α-hetero) is 1. The molecule has 0 spiro atoms. The molecule has 0 aromatic carbocycles. The maximum Gasteiger partial charge on any atom is 0.135 e. The molecule has 0 aliphatic carbocycles. The highest BCUT2D eigenvalue weighted by Crippen LogP contribution is 2.19. The molecule has 2 nitrogen and oxygen atoms in total. The smallest absolute Gasteiger partial charge is 0.135 e. The Kier molecular flexibility index (Phi) is 9.15. The van der Waals surface area contributed by atoms with Crippen molar-refractivity contribution in [2.75, 3.05) is 19.6 Å². The first-order chi connectivity index (χ1) is 9.27. The van der Waals surface area contributed by atoms with Gasteiger partial charge in [-0.1, -0.05) is 52.4 Å². The van der Waals surface area contributed by atoms with Gasteiger partial charge in [-0.3, -0.25) is 4.79 Å². The van der Waals surface area contributed by atoms with Crippen LogP contribution in [0.25, 0.3) is 0 Å². The van der Waals surface area contributed by atoms with Crippen LogP contribution in [0.5, 0.6) is 0 Å². The Morgan fingerprint density at radius 1 is 0.947 bits per heavy atom. The molecular weight excluding hydrogens is 234 g/mol. The number of carbonyl (C=O) groups is 1. The highest BCUT2D eigenvalue weighted by atomic mass is 16.1. The van der Waals surface area contributed by atoms with Crippen molar-refractivity contribution in [3.8, 4) is 0 Å². The summed E-state index contributed by atoms with van der Waals surface area (Å²) >= 11 is 0. The molecule has 0 radical (unpaired) electrons. The van der Waals surface area contributed by atoms with Crippen LogP contribution < -0.4 is 0 Å². The fourth-order valence-electron chi connectivity index (χ4n) is 3.06. The summed E-state index contributed by atoms with van der Waals surface area (Å²) < 4.78 is 0. The van der Waals surface area contributed by atoms with Crippen LogP contribution in [0.3, 0.4) is 0 Å². The topological polar surface area (TPSA) is 20.3 Å². The second-order valence-electron chi connectivity index (χ2n) is 6.06. The minimum absolute atomic E-state index is 0.371. The van der Waals surface area contributed by atoms with E-state index in [1.165, 1.54) is 51.5 Å². The van der Waals surface area contributed by atoms with Gasteiger partial charge in [0, 0.05) is 12.3 Å². The van der Waals surface area contributed by atoms with Crippen LogP contribution >= 0.6 is 0 Å². The van der Waals surface area contributed by atoms with E-state index in [1.807, 2.05) is 6.92 Å². The van der Waals surface area contributed by atoms with E-state index in [9.17, 15) is 4.79 Å². The molecule has 2 heteroatoms. The van der Waals surface area contributed by atoms with Gasteiger partial charge in [0.15, 0.2) is 0 Å². The quantitative estimate of drug-likeness (QED) is 0.546. The second kappa shape index (κ2) is 10.4. The largest absolute Gasteiger partial charge is 0.303 e. The van der Waals surface area contributed by atoms with E-state index in [4.69, 9.17) is 0 Å². The van der Waals surface area contributed by atoms with E-state index in [-0.39, 0.29) is 0 Å². The zero-order chi connectivity index (χ0) is 13.9. The van der Waals surface area contributed by atoms with Crippen LogP contribution in [-0.4, -0.2) is 30.3 Å². The first kappa shape index (κ1) is 16.7. The van der Waals surface area contributed by atoms with Crippen molar-refractivity contribution in [1.82, 2.24) is 4.90 Å². The maximum atomic E-state index is 11.6. The molecule has 0 N–H and O–H groups in total. The molecule has 1 aliphatic rings. The molecule has 0 bridgehead atoms. The average Bonchev–Trinajstić information content (AvgIpc) is 2.46. The van der Waals surface area contributed by atoms with Gasteiger partial charge in [-0.05, 0) is 38.9 Å². The number of ketones is 1. The Labute approximate surface area is 119 Å². The molecule has 0 aromatic rings. The Morgan fingerprint density at radius 2 is 1.53 bits per heavy atom. The minimum Gasteiger partial charge on any atom is -0.303 e. The number of unbranched alkanes of at least 4 members (excludes halogenated alkanes) is 6. The zero-order valence-electron chi connectivity index (χ0n) is 13.1. The molecule has 1 fully saturated rings. The molecule has 1 rings (SSSR count). The zero-order valence-corrected chi connectivity index (χ0v) is 13.1. The lowest BCUT2D eigenvalue weighted by molar-refractivity contribution is -0.123. The number of rotatable bonds is 10. The van der Waals surface area contributed by atoms with Crippen molar-refractivity contribution >= 4 is 5.78 Å². The predicted octanol–water partition coefficient (Wildman–Crippen LogP) is 4.43. The van der Waals surface area contributed by atoms with Crippen LogP contribution in [-0.2, 0) is 4.79 Å². The van der Waals surface area contributed by atoms with Crippen molar-refractivity contribution in [1.29, 1.82) is 0 Å². The fourth-order valence-corrected chi connectivity index (χ4v) is 3.06. The number of nitrogens with zero attached hydrogens (tertiary/aromatic N) is 1. The Bertz CT molecular complexity index is 231. The first-order valence-corrected chi connectivity index (χ1v) is 8.53. The lowest BCUT2D eigenvalue weighted by Crippen LogP contribution is -2.36. The molecular formula is C17H33NO. The van der Waals surface area contributed by atoms with E-state index in [2.05, 4.69) is 11.8 Å². The summed E-state index contributed by atoms with van der Waals surface area (Å²) in [6.45, 7) is 7.81. The van der Waals surface area contributed by atoms with Crippen molar-refractivity contribution in [2.24, 2.45) is 5.92 Å². The van der Waals surface area contributed by atoms with Crippen molar-refractivity contribution < 1.29 is 4.79 Å². The molecule has 112 valence electrons. The van der Waals surface area contributed by atoms with E-state index < -0.39 is 0 Å². The van der Waals surface area contributed by atoms with E-state index >= 15 is 0 Å². The minimum atomic E-state index is 0.371. The summed E-state index contributed by atoms with van der Waals surface area (Å²) in [4.78, 5) is 14.2. The number of hydrogen-bond acceptors (Lipinski definition) is 2. The van der Waals surface area contributed by atoms with Gasteiger partial charge in [-0.25, -0.2) is 0 Å². The molecule has 0 amide bonds. The van der Waals surface area contributed by atoms with Gasteiger partial charge < -0.3 is 4.90 Å². The fraction of sp³-hybridized carbons (Fsp3) is 0.941. The van der Waals surface area contributed by atoms with Gasteiger partial charge in [0.1, 0.15) is 5.78 Å². The molecule has 0 atom stereocenters. The molecule has 0 aromatic heterocycles. The normalized spacial score (nSPS) is 17.8. The third-order valence-corrected chi connectivity index (χ3v) is 4.47. The number of piperidine rings is 1. The molecule has 1 heterocycles. The van der Waals surface area contributed by atoms with E-state index in [0.717, 1.165) is 32.4 Å². The van der Waals surface area contributed by atoms with Crippen LogP contribution in [0, 0.1) is 5.92 Å². The van der Waals surface area contributed by atoms with Crippen LogP contribution in [0.4, 0.5) is 0 Å². The Balaban J connectivity index is 1.96. The second-order valence-corrected chi connectivity index (χ2v) is 6.06. The molecule has 0 unspecified atom stereocenters. The van der Waals surface area contributed by atoms with Gasteiger partial charge >= 0.3 is 0 Å². The van der Waals surface area contributed by atoms with Crippen LogP contribution in [0.15, 0.2) is 0 Å². The van der Waals surface area contributed by atoms with Crippen molar-refractivity contribution in [3.05, 3.63) is 0 Å². The number of hydrogen-bond donors (Lipinski definition) is 0. The van der Waals surface area contributed by atoms with E-state index in [1.54, 1.807) is 0 Å². The SMILES string of the molecule is CCCCCCCCCN1CCC(C(=O)CC)CC1. The summed E-state index contributed by atoms with van der Waals surface area (Å²) in [5, 5.41) is 0. The number of carbonyl (C=O) groups excluding carboxylic acids is 1. The Morgan fingerprint density at radius 3 is 2.11 bits per heavy atom. The standard InChI is InChI=1S/C17H33NO/c1-3-5-6-7-8-9-10-13-18-14-11-16(12-15-18)17(19)4-2/h16H,3-15H2,1-2H3. The molecule has 1 aliphatic heterocycles. The lowest BCUT2D eigenvalue weighted by Gasteiger charge is -2.31. The number of likely N-dealkylation sites (tertiary alicyclic amines) is 1. The van der Waals surface area contributed by atoms with Gasteiger partial charge in [-0.2, -0.15) is 0 Å². The highest BCUT2D eigenvalue weighted by Gasteiger charge is 2.22. The lowest BCUT2D eigenvalue weighted by atomic mass is 9.91.